The third kappa shape index (κ3) is 4.05. The zero-order chi connectivity index (χ0) is 20.3. The van der Waals surface area contributed by atoms with Crippen LogP contribution in [0.2, 0.25) is 0 Å². The Labute approximate surface area is 166 Å². The number of halogens is 4. The van der Waals surface area contributed by atoms with Crippen LogP contribution in [0.4, 0.5) is 18.9 Å². The molecule has 4 nitrogen and oxygen atoms in total. The lowest BCUT2D eigenvalue weighted by atomic mass is 10.1. The smallest absolute Gasteiger partial charge is 0.281 e. The lowest BCUT2D eigenvalue weighted by Crippen LogP contribution is -2.22. The molecular formula is C20H11BrF3N3O. The van der Waals surface area contributed by atoms with Gasteiger partial charge >= 0.3 is 6.18 Å². The summed E-state index contributed by atoms with van der Waals surface area (Å²) in [6.07, 6.45) is -3.49. The van der Waals surface area contributed by atoms with Crippen molar-refractivity contribution in [2.24, 2.45) is 5.10 Å². The predicted molar refractivity (Wildman–Crippen MR) is 105 cm³/mol. The van der Waals surface area contributed by atoms with Crippen molar-refractivity contribution in [3.05, 3.63) is 98.0 Å². The fourth-order valence-electron chi connectivity index (χ4n) is 2.52. The van der Waals surface area contributed by atoms with E-state index in [0.717, 1.165) is 15.2 Å². The number of aromatic nitrogens is 1. The molecule has 0 aliphatic carbocycles. The highest BCUT2D eigenvalue weighted by Gasteiger charge is 2.36. The van der Waals surface area contributed by atoms with Crippen molar-refractivity contribution in [1.82, 2.24) is 4.68 Å². The molecule has 0 spiro atoms. The Balaban J connectivity index is 2.26. The summed E-state index contributed by atoms with van der Waals surface area (Å²) in [7, 11) is 0. The maximum atomic E-state index is 13.4. The first-order chi connectivity index (χ1) is 13.3. The summed E-state index contributed by atoms with van der Waals surface area (Å²) >= 11 is 3.30. The van der Waals surface area contributed by atoms with E-state index in [1.165, 1.54) is 6.21 Å². The van der Waals surface area contributed by atoms with Gasteiger partial charge in [0.2, 0.25) is 0 Å². The third-order valence-electron chi connectivity index (χ3n) is 3.84. The molecule has 0 bridgehead atoms. The van der Waals surface area contributed by atoms with E-state index in [2.05, 4.69) is 25.9 Å². The molecule has 0 aliphatic heterocycles. The fraction of sp³-hybridized carbons (Fsp3) is 0.0500. The number of rotatable bonds is 3. The third-order valence-corrected chi connectivity index (χ3v) is 4.37. The molecule has 0 saturated heterocycles. The van der Waals surface area contributed by atoms with E-state index in [-0.39, 0.29) is 5.69 Å². The van der Waals surface area contributed by atoms with E-state index in [1.54, 1.807) is 54.6 Å². The number of pyridine rings is 1. The summed E-state index contributed by atoms with van der Waals surface area (Å²) in [6.45, 7) is 7.05. The van der Waals surface area contributed by atoms with Crippen molar-refractivity contribution in [2.75, 3.05) is 0 Å². The second-order valence-corrected chi connectivity index (χ2v) is 6.60. The summed E-state index contributed by atoms with van der Waals surface area (Å²) in [5.41, 5.74) is -2.47. The van der Waals surface area contributed by atoms with Crippen molar-refractivity contribution in [3.63, 3.8) is 0 Å². The van der Waals surface area contributed by atoms with E-state index in [1.807, 2.05) is 0 Å². The van der Waals surface area contributed by atoms with Crippen LogP contribution in [0.15, 0.2) is 75.0 Å². The van der Waals surface area contributed by atoms with Crippen LogP contribution >= 0.6 is 15.9 Å². The van der Waals surface area contributed by atoms with Crippen LogP contribution in [0.3, 0.4) is 0 Å². The maximum absolute atomic E-state index is 13.4. The number of hydrogen-bond donors (Lipinski definition) is 0. The van der Waals surface area contributed by atoms with Crippen molar-refractivity contribution in [2.45, 2.75) is 6.18 Å². The molecule has 0 amide bonds. The van der Waals surface area contributed by atoms with Crippen molar-refractivity contribution in [3.8, 4) is 11.3 Å². The summed E-state index contributed by atoms with van der Waals surface area (Å²) in [6, 6.07) is 15.9. The van der Waals surface area contributed by atoms with Gasteiger partial charge in [0.15, 0.2) is 0 Å². The molecule has 1 aromatic heterocycles. The zero-order valence-electron chi connectivity index (χ0n) is 14.1. The lowest BCUT2D eigenvalue weighted by molar-refractivity contribution is -0.136. The minimum absolute atomic E-state index is 0.0568. The Morgan fingerprint density at radius 1 is 1.07 bits per heavy atom. The monoisotopic (exact) mass is 445 g/mol. The molecule has 140 valence electrons. The SMILES string of the molecule is [C-]#[N+]c1c(C(F)(F)F)cc(-c2ccccc2)n(N=Cc2ccc(Br)cc2)c1=O. The molecule has 0 unspecified atom stereocenters. The molecule has 8 heteroatoms. The molecule has 0 saturated carbocycles. The first-order valence-corrected chi connectivity index (χ1v) is 8.70. The Morgan fingerprint density at radius 2 is 1.71 bits per heavy atom. The molecule has 1 heterocycles. The second-order valence-electron chi connectivity index (χ2n) is 5.68. The Hall–Kier alpha value is -3.18. The first-order valence-electron chi connectivity index (χ1n) is 7.91. The first kappa shape index (κ1) is 19.6. The highest BCUT2D eigenvalue weighted by Crippen LogP contribution is 2.37. The van der Waals surface area contributed by atoms with Gasteiger partial charge in [-0.1, -0.05) is 58.4 Å². The van der Waals surface area contributed by atoms with Crippen LogP contribution < -0.4 is 5.56 Å². The number of hydrogen-bond acceptors (Lipinski definition) is 2. The molecule has 0 radical (unpaired) electrons. The molecule has 0 atom stereocenters. The second kappa shape index (κ2) is 7.82. The Morgan fingerprint density at radius 3 is 2.29 bits per heavy atom. The van der Waals surface area contributed by atoms with Gasteiger partial charge in [0.05, 0.1) is 24.0 Å². The molecule has 0 aliphatic rings. The lowest BCUT2D eigenvalue weighted by Gasteiger charge is -2.14. The number of alkyl halides is 3. The van der Waals surface area contributed by atoms with Crippen LogP contribution in [0, 0.1) is 6.57 Å². The van der Waals surface area contributed by atoms with Gasteiger partial charge < -0.3 is 0 Å². The van der Waals surface area contributed by atoms with E-state index >= 15 is 0 Å². The zero-order valence-corrected chi connectivity index (χ0v) is 15.7. The van der Waals surface area contributed by atoms with Crippen LogP contribution in [0.25, 0.3) is 16.1 Å². The van der Waals surface area contributed by atoms with Gasteiger partial charge in [-0.15, -0.1) is 0 Å². The molecule has 2 aromatic carbocycles. The normalized spacial score (nSPS) is 11.5. The fourth-order valence-corrected chi connectivity index (χ4v) is 2.78. The van der Waals surface area contributed by atoms with Crippen molar-refractivity contribution in [1.29, 1.82) is 0 Å². The topological polar surface area (TPSA) is 38.7 Å². The van der Waals surface area contributed by atoms with Crippen LogP contribution in [-0.2, 0) is 6.18 Å². The van der Waals surface area contributed by atoms with E-state index in [4.69, 9.17) is 6.57 Å². The van der Waals surface area contributed by atoms with Crippen LogP contribution in [0.5, 0.6) is 0 Å². The van der Waals surface area contributed by atoms with Crippen LogP contribution in [-0.4, -0.2) is 10.9 Å². The van der Waals surface area contributed by atoms with Gasteiger partial charge in [-0.2, -0.15) is 18.3 Å². The van der Waals surface area contributed by atoms with E-state index in [0.29, 0.717) is 11.1 Å². The molecular weight excluding hydrogens is 435 g/mol. The summed E-state index contributed by atoms with van der Waals surface area (Å²) in [5, 5.41) is 4.07. The molecule has 0 fully saturated rings. The van der Waals surface area contributed by atoms with Crippen molar-refractivity contribution < 1.29 is 13.2 Å². The Kier molecular flexibility index (Phi) is 5.47. The minimum Gasteiger partial charge on any atom is -0.281 e. The quantitative estimate of drug-likeness (QED) is 0.374. The van der Waals surface area contributed by atoms with Gasteiger partial charge in [-0.25, -0.2) is 9.52 Å². The minimum atomic E-state index is -4.84. The van der Waals surface area contributed by atoms with Gasteiger partial charge in [0.25, 0.3) is 11.2 Å². The van der Waals surface area contributed by atoms with Gasteiger partial charge in [-0.05, 0) is 23.8 Å². The Bertz CT molecular complexity index is 1130. The van der Waals surface area contributed by atoms with Crippen LogP contribution in [0.1, 0.15) is 11.1 Å². The van der Waals surface area contributed by atoms with E-state index < -0.39 is 23.0 Å². The summed E-state index contributed by atoms with van der Waals surface area (Å²) < 4.78 is 41.9. The predicted octanol–water partition coefficient (Wildman–Crippen LogP) is 5.73. The van der Waals surface area contributed by atoms with Gasteiger partial charge in [-0.3, -0.25) is 4.79 Å². The van der Waals surface area contributed by atoms with Gasteiger partial charge in [0.1, 0.15) is 0 Å². The largest absolute Gasteiger partial charge is 0.407 e. The average Bonchev–Trinajstić information content (AvgIpc) is 2.67. The van der Waals surface area contributed by atoms with Crippen molar-refractivity contribution >= 4 is 27.8 Å². The number of benzene rings is 2. The molecule has 28 heavy (non-hydrogen) atoms. The highest BCUT2D eigenvalue weighted by atomic mass is 79.9. The maximum Gasteiger partial charge on any atom is 0.407 e. The molecule has 3 aromatic rings. The summed E-state index contributed by atoms with van der Waals surface area (Å²) in [5.74, 6) is 0. The molecule has 3 rings (SSSR count). The van der Waals surface area contributed by atoms with Gasteiger partial charge in [0, 0.05) is 10.0 Å². The average molecular weight is 446 g/mol. The highest BCUT2D eigenvalue weighted by molar-refractivity contribution is 9.10. The summed E-state index contributed by atoms with van der Waals surface area (Å²) in [4.78, 5) is 15.5. The molecule has 0 N–H and O–H groups in total. The standard InChI is InChI=1S/C20H11BrF3N3O/c1-25-18-16(20(22,23)24)11-17(14-5-3-2-4-6-14)27(19(18)28)26-12-13-7-9-15(21)10-8-13/h2-12H. The number of nitrogens with zero attached hydrogens (tertiary/aromatic N) is 3. The van der Waals surface area contributed by atoms with E-state index in [9.17, 15) is 18.0 Å².